The summed E-state index contributed by atoms with van der Waals surface area (Å²) < 4.78 is 298. The lowest BCUT2D eigenvalue weighted by atomic mass is 10.4. The van der Waals surface area contributed by atoms with Gasteiger partial charge in [0.15, 0.2) is 0 Å². The van der Waals surface area contributed by atoms with E-state index in [0.29, 0.717) is 0 Å². The van der Waals surface area contributed by atoms with Crippen molar-refractivity contribution < 1.29 is 130 Å². The Balaban J connectivity index is 6.11. The smallest absolute Gasteiger partial charge is 0.329 e. The highest BCUT2D eigenvalue weighted by Gasteiger charge is 2.79. The first-order valence-electron chi connectivity index (χ1n) is 7.86. The Morgan fingerprint density at radius 3 is 0.550 bits per heavy atom. The first kappa shape index (κ1) is 38.1. The fraction of sp³-hybridized carbons (Fsp3) is 1.00. The van der Waals surface area contributed by atoms with Crippen molar-refractivity contribution in [3.05, 3.63) is 0 Å². The number of halogens is 23. The van der Waals surface area contributed by atoms with Crippen LogP contribution in [0.4, 0.5) is 101 Å². The normalized spacial score (nSPS) is 16.5. The van der Waals surface area contributed by atoms with Gasteiger partial charge in [-0.2, -0.15) is 87.8 Å². The van der Waals surface area contributed by atoms with Crippen molar-refractivity contribution in [2.75, 3.05) is 0 Å². The maximum absolute atomic E-state index is 13.2. The molecule has 0 atom stereocenters. The van der Waals surface area contributed by atoms with Gasteiger partial charge in [0.1, 0.15) is 0 Å². The van der Waals surface area contributed by atoms with Gasteiger partial charge in [0.25, 0.3) is 0 Å². The zero-order valence-corrected chi connectivity index (χ0v) is 16.7. The molecule has 40 heavy (non-hydrogen) atoms. The van der Waals surface area contributed by atoms with Crippen molar-refractivity contribution in [1.29, 1.82) is 0 Å². The van der Waals surface area contributed by atoms with E-state index < -0.39 is 67.4 Å². The molecule has 0 aliphatic carbocycles. The summed E-state index contributed by atoms with van der Waals surface area (Å²) in [5.41, 5.74) is 0. The topological polar surface area (TPSA) is 66.4 Å². The van der Waals surface area contributed by atoms with Crippen molar-refractivity contribution in [2.45, 2.75) is 67.4 Å². The number of hydrogen-bond donors (Lipinski definition) is 1. The van der Waals surface area contributed by atoms with Gasteiger partial charge in [-0.15, -0.1) is 13.2 Å². The van der Waals surface area contributed by atoms with E-state index in [-0.39, 0.29) is 0 Å². The second kappa shape index (κ2) is 10.2. The van der Waals surface area contributed by atoms with Crippen LogP contribution in [0.5, 0.6) is 0 Å². The highest BCUT2D eigenvalue weighted by molar-refractivity contribution is 4.81. The molecule has 0 heterocycles. The monoisotopic (exact) mass is 666 g/mol. The average molecular weight is 666 g/mol. The molecule has 0 aliphatic heterocycles. The molecule has 6 nitrogen and oxygen atoms in total. The molecule has 0 rings (SSSR count). The molecule has 0 amide bonds. The van der Waals surface area contributed by atoms with E-state index in [4.69, 9.17) is 5.11 Å². The molecule has 0 saturated heterocycles. The summed E-state index contributed by atoms with van der Waals surface area (Å²) in [4.78, 5) is 0. The Bertz CT molecular complexity index is 874. The summed E-state index contributed by atoms with van der Waals surface area (Å²) in [5, 5.41) is 7.48. The second-order valence-electron chi connectivity index (χ2n) is 6.15. The van der Waals surface area contributed by atoms with Gasteiger partial charge in [0.2, 0.25) is 0 Å². The fourth-order valence-electron chi connectivity index (χ4n) is 1.33. The summed E-state index contributed by atoms with van der Waals surface area (Å²) in [7, 11) is 0. The molecule has 0 saturated carbocycles. The minimum absolute atomic E-state index is 1.14. The Kier molecular flexibility index (Phi) is 9.68. The van der Waals surface area contributed by atoms with Crippen LogP contribution in [0, 0.1) is 0 Å². The van der Waals surface area contributed by atoms with Crippen molar-refractivity contribution in [2.24, 2.45) is 0 Å². The van der Waals surface area contributed by atoms with Gasteiger partial charge in [-0.25, -0.2) is 23.7 Å². The molecule has 0 radical (unpaired) electrons. The number of hydrogen-bond acceptors (Lipinski definition) is 6. The molecule has 29 heteroatoms. The van der Waals surface area contributed by atoms with Crippen molar-refractivity contribution in [3.63, 3.8) is 0 Å². The van der Waals surface area contributed by atoms with Crippen molar-refractivity contribution in [3.8, 4) is 0 Å². The Morgan fingerprint density at radius 2 is 0.400 bits per heavy atom. The summed E-state index contributed by atoms with van der Waals surface area (Å²) in [6.45, 7) is 0. The van der Waals surface area contributed by atoms with Crippen LogP contribution < -0.4 is 0 Å². The molecular formula is C11HF23O6. The van der Waals surface area contributed by atoms with E-state index in [1.165, 1.54) is 18.9 Å². The number of aliphatic hydroxyl groups is 1. The van der Waals surface area contributed by atoms with E-state index >= 15 is 0 Å². The second-order valence-corrected chi connectivity index (χ2v) is 6.15. The van der Waals surface area contributed by atoms with Crippen LogP contribution in [0.15, 0.2) is 0 Å². The van der Waals surface area contributed by atoms with Crippen molar-refractivity contribution >= 4 is 0 Å². The minimum atomic E-state index is -8.05. The van der Waals surface area contributed by atoms with Gasteiger partial charge in [0.05, 0.1) is 0 Å². The highest BCUT2D eigenvalue weighted by atomic mass is 19.4. The predicted molar refractivity (Wildman–Crippen MR) is 63.2 cm³/mol. The van der Waals surface area contributed by atoms with E-state index in [1.807, 2.05) is 0 Å². The minimum Gasteiger partial charge on any atom is -0.329 e. The molecular weight excluding hydrogens is 665 g/mol. The SMILES string of the molecule is OC(F)(F)C(F)(F)OC(F)(F)C(F)(F)OC(F)(F)C(F)(F)OC(F)(F)C(F)(F)OC(F)(F)C(F)(F)OC(F)(F)F. The summed E-state index contributed by atoms with van der Waals surface area (Å²) in [6.07, 6.45) is -83.8. The van der Waals surface area contributed by atoms with E-state index in [9.17, 15) is 101 Å². The maximum Gasteiger partial charge on any atom is 0.527 e. The highest BCUT2D eigenvalue weighted by Crippen LogP contribution is 2.53. The van der Waals surface area contributed by atoms with E-state index in [2.05, 4.69) is 0 Å². The number of rotatable bonds is 14. The van der Waals surface area contributed by atoms with E-state index in [1.54, 1.807) is 0 Å². The zero-order valence-electron chi connectivity index (χ0n) is 16.7. The van der Waals surface area contributed by atoms with Gasteiger partial charge in [-0.05, 0) is 0 Å². The molecule has 1 N–H and O–H groups in total. The van der Waals surface area contributed by atoms with Crippen LogP contribution in [-0.2, 0) is 23.7 Å². The standard InChI is InChI=1S/C11HF23O6/c12-1(13,35)2(14,15)36-3(16,17)4(18,19)37-5(20,21)6(22,23)38-7(24,25)8(26,27)39-9(28,29)10(30,31)40-11(32,33)34/h35H. The Labute approximate surface area is 199 Å². The maximum atomic E-state index is 13.2. The van der Waals surface area contributed by atoms with Gasteiger partial charge in [-0.1, -0.05) is 0 Å². The largest absolute Gasteiger partial charge is 0.527 e. The van der Waals surface area contributed by atoms with Crippen LogP contribution in [0.3, 0.4) is 0 Å². The molecule has 0 fully saturated rings. The Hall–Kier alpha value is -1.85. The lowest BCUT2D eigenvalue weighted by Gasteiger charge is -2.36. The first-order chi connectivity index (χ1) is 16.8. The summed E-state index contributed by atoms with van der Waals surface area (Å²) in [6, 6.07) is 0. The fourth-order valence-corrected chi connectivity index (χ4v) is 1.33. The molecule has 242 valence electrons. The molecule has 0 aromatic heterocycles. The van der Waals surface area contributed by atoms with Gasteiger partial charge < -0.3 is 5.11 Å². The lowest BCUT2D eigenvalue weighted by molar-refractivity contribution is -0.593. The molecule has 0 spiro atoms. The number of alkyl halides is 23. The van der Waals surface area contributed by atoms with Crippen LogP contribution in [-0.4, -0.2) is 72.6 Å². The summed E-state index contributed by atoms with van der Waals surface area (Å²) >= 11 is 0. The Morgan fingerprint density at radius 1 is 0.250 bits per heavy atom. The molecule has 0 aromatic rings. The molecule has 0 bridgehead atoms. The van der Waals surface area contributed by atoms with Crippen LogP contribution >= 0.6 is 0 Å². The predicted octanol–water partition coefficient (Wildman–Crippen LogP) is 6.51. The van der Waals surface area contributed by atoms with Crippen molar-refractivity contribution in [1.82, 2.24) is 0 Å². The van der Waals surface area contributed by atoms with Gasteiger partial charge in [-0.3, -0.25) is 0 Å². The third-order valence-electron chi connectivity index (χ3n) is 2.97. The zero-order chi connectivity index (χ0) is 33.0. The van der Waals surface area contributed by atoms with Crippen LogP contribution in [0.1, 0.15) is 0 Å². The van der Waals surface area contributed by atoms with E-state index in [0.717, 1.165) is 4.74 Å². The third kappa shape index (κ3) is 8.35. The van der Waals surface area contributed by atoms with Crippen LogP contribution in [0.25, 0.3) is 0 Å². The quantitative estimate of drug-likeness (QED) is 0.214. The average Bonchev–Trinajstić information content (AvgIpc) is 2.53. The molecule has 0 unspecified atom stereocenters. The van der Waals surface area contributed by atoms with Gasteiger partial charge >= 0.3 is 67.4 Å². The summed E-state index contributed by atoms with van der Waals surface area (Å²) in [5.74, 6) is 0. The first-order valence-corrected chi connectivity index (χ1v) is 7.86. The molecule has 0 aliphatic rings. The van der Waals surface area contributed by atoms with Gasteiger partial charge in [0, 0.05) is 0 Å². The molecule has 0 aromatic carbocycles. The number of ether oxygens (including phenoxy) is 5. The lowest BCUT2D eigenvalue weighted by Crippen LogP contribution is -2.61. The third-order valence-corrected chi connectivity index (χ3v) is 2.97. The van der Waals surface area contributed by atoms with Crippen LogP contribution in [0.2, 0.25) is 0 Å².